The molecule has 0 aromatic heterocycles. The van der Waals surface area contributed by atoms with Crippen LogP contribution >= 0.6 is 0 Å². The van der Waals surface area contributed by atoms with Gasteiger partial charge in [-0.1, -0.05) is 6.07 Å². The lowest BCUT2D eigenvalue weighted by Gasteiger charge is -2.13. The zero-order valence-corrected chi connectivity index (χ0v) is 16.1. The number of amides is 2. The van der Waals surface area contributed by atoms with E-state index in [0.717, 1.165) is 5.56 Å². The van der Waals surface area contributed by atoms with Crippen LogP contribution in [0.25, 0.3) is 0 Å². The zero-order chi connectivity index (χ0) is 19.6. The first kappa shape index (κ1) is 20.2. The summed E-state index contributed by atoms with van der Waals surface area (Å²) in [7, 11) is 4.72. The molecular weight excluding hydrogens is 348 g/mol. The lowest BCUT2D eigenvalue weighted by Crippen LogP contribution is -2.30. The molecule has 0 heterocycles. The summed E-state index contributed by atoms with van der Waals surface area (Å²) in [4.78, 5) is 12.1. The average molecular weight is 374 g/mol. The van der Waals surface area contributed by atoms with Crippen LogP contribution in [0.2, 0.25) is 0 Å². The number of hydrogen-bond acceptors (Lipinski definition) is 5. The molecule has 0 fully saturated rings. The normalized spacial score (nSPS) is 10.1. The Hall–Kier alpha value is -3.09. The Morgan fingerprint density at radius 1 is 0.926 bits per heavy atom. The molecule has 0 aliphatic heterocycles. The maximum absolute atomic E-state index is 12.1. The van der Waals surface area contributed by atoms with Gasteiger partial charge in [0.1, 0.15) is 11.5 Å². The Kier molecular flexibility index (Phi) is 7.61. The van der Waals surface area contributed by atoms with Crippen LogP contribution in [0, 0.1) is 0 Å². The number of anilines is 1. The molecule has 7 nitrogen and oxygen atoms in total. The van der Waals surface area contributed by atoms with Crippen LogP contribution < -0.4 is 29.6 Å². The van der Waals surface area contributed by atoms with Gasteiger partial charge in [0.15, 0.2) is 11.5 Å². The Bertz CT molecular complexity index is 764. The number of benzene rings is 2. The van der Waals surface area contributed by atoms with Gasteiger partial charge in [-0.05, 0) is 43.2 Å². The summed E-state index contributed by atoms with van der Waals surface area (Å²) in [6.07, 6.45) is 0.663. The van der Waals surface area contributed by atoms with Crippen molar-refractivity contribution in [2.24, 2.45) is 0 Å². The highest BCUT2D eigenvalue weighted by Gasteiger charge is 2.09. The molecule has 2 N–H and O–H groups in total. The van der Waals surface area contributed by atoms with Crippen molar-refractivity contribution < 1.29 is 23.7 Å². The summed E-state index contributed by atoms with van der Waals surface area (Å²) in [6.45, 7) is 2.97. The number of methoxy groups -OCH3 is 3. The second-order valence-corrected chi connectivity index (χ2v) is 5.62. The fourth-order valence-corrected chi connectivity index (χ4v) is 2.53. The standard InChI is InChI=1S/C20H26N2O5/c1-5-27-17-9-6-14(12-19(17)26-4)10-11-21-20(23)22-16-8-7-15(24-2)13-18(16)25-3/h6-9,12-13H,5,10-11H2,1-4H3,(H2,21,22,23). The van der Waals surface area contributed by atoms with E-state index in [-0.39, 0.29) is 6.03 Å². The van der Waals surface area contributed by atoms with Gasteiger partial charge in [-0.3, -0.25) is 0 Å². The van der Waals surface area contributed by atoms with Gasteiger partial charge in [-0.15, -0.1) is 0 Å². The summed E-state index contributed by atoms with van der Waals surface area (Å²) >= 11 is 0. The van der Waals surface area contributed by atoms with E-state index in [4.69, 9.17) is 18.9 Å². The van der Waals surface area contributed by atoms with Gasteiger partial charge >= 0.3 is 6.03 Å². The van der Waals surface area contributed by atoms with Gasteiger partial charge in [-0.25, -0.2) is 4.79 Å². The summed E-state index contributed by atoms with van der Waals surface area (Å²) in [5.74, 6) is 2.57. The van der Waals surface area contributed by atoms with Crippen molar-refractivity contribution in [1.82, 2.24) is 5.32 Å². The minimum Gasteiger partial charge on any atom is -0.497 e. The SMILES string of the molecule is CCOc1ccc(CCNC(=O)Nc2ccc(OC)cc2OC)cc1OC. The smallest absolute Gasteiger partial charge is 0.319 e. The Morgan fingerprint density at radius 3 is 2.37 bits per heavy atom. The first-order valence-corrected chi connectivity index (χ1v) is 8.67. The monoisotopic (exact) mass is 374 g/mol. The third kappa shape index (κ3) is 5.70. The van der Waals surface area contributed by atoms with E-state index in [1.54, 1.807) is 32.4 Å². The molecular formula is C20H26N2O5. The van der Waals surface area contributed by atoms with E-state index >= 15 is 0 Å². The molecule has 0 atom stereocenters. The average Bonchev–Trinajstić information content (AvgIpc) is 2.69. The second kappa shape index (κ2) is 10.2. The van der Waals surface area contributed by atoms with Gasteiger partial charge < -0.3 is 29.6 Å². The highest BCUT2D eigenvalue weighted by atomic mass is 16.5. The van der Waals surface area contributed by atoms with Crippen LogP contribution in [0.15, 0.2) is 36.4 Å². The van der Waals surface area contributed by atoms with Crippen LogP contribution in [0.1, 0.15) is 12.5 Å². The van der Waals surface area contributed by atoms with Gasteiger partial charge in [0.2, 0.25) is 0 Å². The molecule has 0 aliphatic carbocycles. The van der Waals surface area contributed by atoms with Crippen molar-refractivity contribution >= 4 is 11.7 Å². The number of carbonyl (C=O) groups excluding carboxylic acids is 1. The molecule has 2 aromatic rings. The molecule has 0 bridgehead atoms. The minimum absolute atomic E-state index is 0.309. The maximum Gasteiger partial charge on any atom is 0.319 e. The molecule has 0 saturated carbocycles. The molecule has 2 rings (SSSR count). The van der Waals surface area contributed by atoms with Crippen molar-refractivity contribution in [3.63, 3.8) is 0 Å². The van der Waals surface area contributed by atoms with Crippen LogP contribution in [0.4, 0.5) is 10.5 Å². The minimum atomic E-state index is -0.309. The predicted octanol–water partition coefficient (Wildman–Crippen LogP) is 3.48. The number of rotatable bonds is 9. The van der Waals surface area contributed by atoms with Crippen LogP contribution in [-0.2, 0) is 6.42 Å². The molecule has 0 unspecified atom stereocenters. The van der Waals surface area contributed by atoms with Gasteiger partial charge in [0, 0.05) is 12.6 Å². The summed E-state index contributed by atoms with van der Waals surface area (Å²) < 4.78 is 21.3. The Morgan fingerprint density at radius 2 is 1.70 bits per heavy atom. The highest BCUT2D eigenvalue weighted by molar-refractivity contribution is 5.91. The molecule has 146 valence electrons. The first-order valence-electron chi connectivity index (χ1n) is 8.67. The third-order valence-electron chi connectivity index (χ3n) is 3.88. The highest BCUT2D eigenvalue weighted by Crippen LogP contribution is 2.29. The maximum atomic E-state index is 12.1. The van der Waals surface area contributed by atoms with E-state index in [1.807, 2.05) is 25.1 Å². The zero-order valence-electron chi connectivity index (χ0n) is 16.1. The largest absolute Gasteiger partial charge is 0.497 e. The molecule has 27 heavy (non-hydrogen) atoms. The predicted molar refractivity (Wildman–Crippen MR) is 104 cm³/mol. The van der Waals surface area contributed by atoms with Crippen molar-refractivity contribution in [1.29, 1.82) is 0 Å². The number of urea groups is 1. The van der Waals surface area contributed by atoms with E-state index in [1.165, 1.54) is 7.11 Å². The van der Waals surface area contributed by atoms with E-state index in [2.05, 4.69) is 10.6 Å². The third-order valence-corrected chi connectivity index (χ3v) is 3.88. The van der Waals surface area contributed by atoms with Crippen LogP contribution in [-0.4, -0.2) is 40.5 Å². The molecule has 0 saturated heterocycles. The molecule has 2 amide bonds. The lowest BCUT2D eigenvalue weighted by atomic mass is 10.1. The van der Waals surface area contributed by atoms with Gasteiger partial charge in [0.05, 0.1) is 33.6 Å². The fourth-order valence-electron chi connectivity index (χ4n) is 2.53. The van der Waals surface area contributed by atoms with E-state index < -0.39 is 0 Å². The first-order chi connectivity index (χ1) is 13.1. The molecule has 7 heteroatoms. The fraction of sp³-hybridized carbons (Fsp3) is 0.350. The van der Waals surface area contributed by atoms with Crippen LogP contribution in [0.3, 0.4) is 0 Å². The molecule has 0 aliphatic rings. The molecule has 0 radical (unpaired) electrons. The Balaban J connectivity index is 1.89. The lowest BCUT2D eigenvalue weighted by molar-refractivity contribution is 0.252. The summed E-state index contributed by atoms with van der Waals surface area (Å²) in [6, 6.07) is 10.6. The summed E-state index contributed by atoms with van der Waals surface area (Å²) in [5, 5.41) is 5.60. The van der Waals surface area contributed by atoms with Crippen LogP contribution in [0.5, 0.6) is 23.0 Å². The quantitative estimate of drug-likeness (QED) is 0.703. The van der Waals surface area contributed by atoms with E-state index in [0.29, 0.717) is 48.3 Å². The molecule has 2 aromatic carbocycles. The number of carbonyl (C=O) groups is 1. The number of nitrogens with one attached hydrogen (secondary N) is 2. The Labute approximate surface area is 159 Å². The van der Waals surface area contributed by atoms with E-state index in [9.17, 15) is 4.79 Å². The van der Waals surface area contributed by atoms with Gasteiger partial charge in [-0.2, -0.15) is 0 Å². The number of hydrogen-bond donors (Lipinski definition) is 2. The number of ether oxygens (including phenoxy) is 4. The van der Waals surface area contributed by atoms with Crippen molar-refractivity contribution in [3.8, 4) is 23.0 Å². The van der Waals surface area contributed by atoms with Gasteiger partial charge in [0.25, 0.3) is 0 Å². The topological polar surface area (TPSA) is 78.1 Å². The van der Waals surface area contributed by atoms with Crippen molar-refractivity contribution in [2.45, 2.75) is 13.3 Å². The second-order valence-electron chi connectivity index (χ2n) is 5.62. The summed E-state index contributed by atoms with van der Waals surface area (Å²) in [5.41, 5.74) is 1.61. The van der Waals surface area contributed by atoms with Crippen molar-refractivity contribution in [3.05, 3.63) is 42.0 Å². The van der Waals surface area contributed by atoms with Crippen molar-refractivity contribution in [2.75, 3.05) is 39.8 Å². The molecule has 0 spiro atoms.